The summed E-state index contributed by atoms with van der Waals surface area (Å²) in [6.07, 6.45) is 3.63. The first-order chi connectivity index (χ1) is 28.8. The largest absolute Gasteiger partial charge is 0.309 e. The molecular formula is C51H31N7. The van der Waals surface area contributed by atoms with Gasteiger partial charge in [-0.05, 0) is 66.7 Å². The lowest BCUT2D eigenvalue weighted by molar-refractivity contribution is 0.953. The minimum atomic E-state index is 0.538. The lowest BCUT2D eigenvalue weighted by atomic mass is 9.99. The summed E-state index contributed by atoms with van der Waals surface area (Å²) in [5, 5.41) is 7.10. The van der Waals surface area contributed by atoms with Gasteiger partial charge in [-0.2, -0.15) is 9.97 Å². The summed E-state index contributed by atoms with van der Waals surface area (Å²) in [6, 6.07) is 61.2. The van der Waals surface area contributed by atoms with Crippen molar-refractivity contribution in [3.8, 4) is 51.2 Å². The van der Waals surface area contributed by atoms with E-state index in [1.54, 1.807) is 0 Å². The first-order valence-electron chi connectivity index (χ1n) is 19.3. The molecule has 0 saturated heterocycles. The second-order valence-electron chi connectivity index (χ2n) is 14.5. The van der Waals surface area contributed by atoms with Crippen molar-refractivity contribution in [3.63, 3.8) is 0 Å². The monoisotopic (exact) mass is 741 g/mol. The van der Waals surface area contributed by atoms with E-state index >= 15 is 0 Å². The summed E-state index contributed by atoms with van der Waals surface area (Å²) < 4.78 is 4.61. The van der Waals surface area contributed by atoms with Crippen LogP contribution in [-0.2, 0) is 0 Å². The van der Waals surface area contributed by atoms with Crippen molar-refractivity contribution in [1.82, 2.24) is 33.9 Å². The minimum Gasteiger partial charge on any atom is -0.309 e. The Labute approximate surface area is 332 Å². The molecule has 0 spiro atoms. The van der Waals surface area contributed by atoms with Crippen LogP contribution in [0.4, 0.5) is 0 Å². The Kier molecular flexibility index (Phi) is 7.09. The molecule has 0 saturated carbocycles. The van der Waals surface area contributed by atoms with Gasteiger partial charge < -0.3 is 4.40 Å². The SMILES string of the molecule is c1ccc(-c2cccc(-c3nc(-c4cccc(-c5ccccn5)c4)nc(-n4c5ccccc5c5c6c7ccccc7n7c8ccccc8cc7c6ccc54)n3)c2)nc1. The highest BCUT2D eigenvalue weighted by molar-refractivity contribution is 6.31. The Bertz CT molecular complexity index is 3470. The van der Waals surface area contributed by atoms with Gasteiger partial charge in [0.2, 0.25) is 5.95 Å². The zero-order valence-corrected chi connectivity index (χ0v) is 31.0. The lowest BCUT2D eigenvalue weighted by Crippen LogP contribution is -2.06. The Morgan fingerprint density at radius 1 is 0.345 bits per heavy atom. The van der Waals surface area contributed by atoms with Gasteiger partial charge in [-0.25, -0.2) is 4.98 Å². The fraction of sp³-hybridized carbons (Fsp3) is 0. The average molecular weight is 742 g/mol. The van der Waals surface area contributed by atoms with Gasteiger partial charge in [0.25, 0.3) is 0 Å². The summed E-state index contributed by atoms with van der Waals surface area (Å²) in [5.41, 5.74) is 11.1. The van der Waals surface area contributed by atoms with E-state index in [1.807, 2.05) is 60.9 Å². The van der Waals surface area contributed by atoms with E-state index in [1.165, 1.54) is 38.1 Å². The molecule has 0 fully saturated rings. The fourth-order valence-corrected chi connectivity index (χ4v) is 8.69. The highest BCUT2D eigenvalue weighted by atomic mass is 15.2. The molecule has 270 valence electrons. The molecule has 7 heteroatoms. The number of hydrogen-bond donors (Lipinski definition) is 0. The molecule has 0 aliphatic rings. The van der Waals surface area contributed by atoms with Gasteiger partial charge in [0.05, 0.1) is 39.0 Å². The number of fused-ring (bicyclic) bond motifs is 12. The number of benzene rings is 6. The van der Waals surface area contributed by atoms with E-state index in [0.29, 0.717) is 17.6 Å². The number of aromatic nitrogens is 7. The molecule has 0 bridgehead atoms. The van der Waals surface area contributed by atoms with Crippen LogP contribution in [0.25, 0.3) is 111 Å². The quantitative estimate of drug-likeness (QED) is 0.164. The van der Waals surface area contributed by atoms with E-state index < -0.39 is 0 Å². The van der Waals surface area contributed by atoms with E-state index in [-0.39, 0.29) is 0 Å². The summed E-state index contributed by atoms with van der Waals surface area (Å²) >= 11 is 0. The molecule has 0 aliphatic heterocycles. The molecule has 0 amide bonds. The van der Waals surface area contributed by atoms with Crippen molar-refractivity contribution < 1.29 is 0 Å². The fourth-order valence-electron chi connectivity index (χ4n) is 8.69. The molecule has 12 rings (SSSR count). The van der Waals surface area contributed by atoms with Gasteiger partial charge in [0, 0.05) is 67.0 Å². The normalized spacial score (nSPS) is 11.8. The van der Waals surface area contributed by atoms with Crippen molar-refractivity contribution in [1.29, 1.82) is 0 Å². The molecule has 0 atom stereocenters. The first-order valence-corrected chi connectivity index (χ1v) is 19.3. The zero-order valence-electron chi connectivity index (χ0n) is 31.0. The molecule has 0 N–H and O–H groups in total. The van der Waals surface area contributed by atoms with Crippen LogP contribution in [-0.4, -0.2) is 33.9 Å². The van der Waals surface area contributed by atoms with E-state index in [9.17, 15) is 0 Å². The molecule has 0 unspecified atom stereocenters. The van der Waals surface area contributed by atoms with Gasteiger partial charge >= 0.3 is 0 Å². The van der Waals surface area contributed by atoms with Gasteiger partial charge in [-0.15, -0.1) is 0 Å². The maximum absolute atomic E-state index is 5.31. The topological polar surface area (TPSA) is 73.8 Å². The van der Waals surface area contributed by atoms with Crippen molar-refractivity contribution in [2.45, 2.75) is 0 Å². The maximum Gasteiger partial charge on any atom is 0.238 e. The van der Waals surface area contributed by atoms with Crippen LogP contribution < -0.4 is 0 Å². The second kappa shape index (κ2) is 12.8. The van der Waals surface area contributed by atoms with E-state index in [0.717, 1.165) is 55.4 Å². The Morgan fingerprint density at radius 3 is 1.55 bits per heavy atom. The van der Waals surface area contributed by atoms with Crippen LogP contribution in [0.3, 0.4) is 0 Å². The molecule has 0 radical (unpaired) electrons. The van der Waals surface area contributed by atoms with Gasteiger partial charge in [0.15, 0.2) is 11.6 Å². The minimum absolute atomic E-state index is 0.538. The predicted molar refractivity (Wildman–Crippen MR) is 235 cm³/mol. The second-order valence-corrected chi connectivity index (χ2v) is 14.5. The number of para-hydroxylation sites is 3. The first kappa shape index (κ1) is 32.2. The van der Waals surface area contributed by atoms with Crippen molar-refractivity contribution in [2.24, 2.45) is 0 Å². The maximum atomic E-state index is 5.31. The Morgan fingerprint density at radius 2 is 0.897 bits per heavy atom. The molecule has 58 heavy (non-hydrogen) atoms. The molecule has 12 aromatic rings. The summed E-state index contributed by atoms with van der Waals surface area (Å²) in [4.78, 5) is 25.1. The number of nitrogens with zero attached hydrogens (tertiary/aromatic N) is 7. The third-order valence-corrected chi connectivity index (χ3v) is 11.2. The smallest absolute Gasteiger partial charge is 0.238 e. The van der Waals surface area contributed by atoms with E-state index in [2.05, 4.69) is 146 Å². The molecule has 7 nitrogen and oxygen atoms in total. The Hall–Kier alpha value is -8.03. The summed E-state index contributed by atoms with van der Waals surface area (Å²) in [7, 11) is 0. The number of rotatable bonds is 5. The van der Waals surface area contributed by atoms with Crippen LogP contribution in [0.1, 0.15) is 0 Å². The third-order valence-electron chi connectivity index (χ3n) is 11.2. The van der Waals surface area contributed by atoms with Crippen LogP contribution in [0.2, 0.25) is 0 Å². The van der Waals surface area contributed by atoms with Gasteiger partial charge in [0.1, 0.15) is 0 Å². The third kappa shape index (κ3) is 4.97. The molecule has 6 aromatic carbocycles. The van der Waals surface area contributed by atoms with E-state index in [4.69, 9.17) is 15.0 Å². The molecular weight excluding hydrogens is 711 g/mol. The summed E-state index contributed by atoms with van der Waals surface area (Å²) in [6.45, 7) is 0. The van der Waals surface area contributed by atoms with Crippen LogP contribution in [0.5, 0.6) is 0 Å². The summed E-state index contributed by atoms with van der Waals surface area (Å²) in [5.74, 6) is 1.68. The van der Waals surface area contributed by atoms with Crippen LogP contribution in [0.15, 0.2) is 188 Å². The lowest BCUT2D eigenvalue weighted by Gasteiger charge is -2.13. The van der Waals surface area contributed by atoms with Crippen molar-refractivity contribution in [3.05, 3.63) is 188 Å². The van der Waals surface area contributed by atoms with Crippen LogP contribution >= 0.6 is 0 Å². The van der Waals surface area contributed by atoms with Crippen molar-refractivity contribution >= 4 is 59.9 Å². The Balaban J connectivity index is 1.16. The number of hydrogen-bond acceptors (Lipinski definition) is 5. The standard InChI is InChI=1S/C51H31N7/c1-4-22-42-34(13-1)31-46-39-25-26-45-48(47(39)37-18-2-5-23-43(37)57(42)46)38-19-3-6-24-44(38)58(45)51-55-49(35-16-11-14-32(29-35)40-20-7-9-27-52-40)54-50(56-51)36-17-12-15-33(30-36)41-21-8-10-28-53-41/h1-31H. The highest BCUT2D eigenvalue weighted by Crippen LogP contribution is 2.42. The average Bonchev–Trinajstić information content (AvgIpc) is 3.86. The molecule has 6 heterocycles. The zero-order chi connectivity index (χ0) is 38.2. The molecule has 0 aliphatic carbocycles. The predicted octanol–water partition coefficient (Wildman–Crippen LogP) is 12.1. The van der Waals surface area contributed by atoms with Gasteiger partial charge in [-0.3, -0.25) is 14.5 Å². The van der Waals surface area contributed by atoms with Gasteiger partial charge in [-0.1, -0.05) is 109 Å². The van der Waals surface area contributed by atoms with Crippen LogP contribution in [0, 0.1) is 0 Å². The molecule has 6 aromatic heterocycles. The number of pyridine rings is 3. The van der Waals surface area contributed by atoms with Crippen molar-refractivity contribution in [2.75, 3.05) is 0 Å². The highest BCUT2D eigenvalue weighted by Gasteiger charge is 2.22.